The third-order valence-corrected chi connectivity index (χ3v) is 17.0. The predicted molar refractivity (Wildman–Crippen MR) is 299 cm³/mol. The van der Waals surface area contributed by atoms with Gasteiger partial charge in [-0.3, -0.25) is 19.0 Å². The molecule has 0 amide bonds. The van der Waals surface area contributed by atoms with Crippen LogP contribution in [-0.2, 0) is 34.8 Å². The lowest BCUT2D eigenvalue weighted by molar-refractivity contribution is -0.179. The summed E-state index contributed by atoms with van der Waals surface area (Å²) in [4.78, 5) is 37.2. The Morgan fingerprint density at radius 1 is 0.420 bits per heavy atom. The molecule has 4 aromatic heterocycles. The molecule has 2 aliphatic carbocycles. The fourth-order valence-corrected chi connectivity index (χ4v) is 12.7. The van der Waals surface area contributed by atoms with Gasteiger partial charge in [-0.05, 0) is 72.2 Å². The molecule has 0 radical (unpaired) electrons. The number of benzene rings is 4. The van der Waals surface area contributed by atoms with Crippen LogP contribution in [0.5, 0.6) is 0 Å². The first kappa shape index (κ1) is 61.3. The molecule has 12 nitrogen and oxygen atoms in total. The average molecular weight is 1230 g/mol. The maximum absolute atomic E-state index is 14.6. The van der Waals surface area contributed by atoms with Crippen LogP contribution in [0.4, 0.5) is 64.3 Å². The van der Waals surface area contributed by atoms with E-state index in [9.17, 15) is 72.5 Å². The molecule has 0 saturated carbocycles. The van der Waals surface area contributed by atoms with Crippen molar-refractivity contribution in [3.05, 3.63) is 225 Å². The Kier molecular flexibility index (Phi) is 16.9. The number of carbonyl (C=O) groups is 2. The Balaban J connectivity index is 0.000000182. The van der Waals surface area contributed by atoms with Crippen LogP contribution in [0.2, 0.25) is 0 Å². The van der Waals surface area contributed by atoms with E-state index < -0.39 is 108 Å². The highest BCUT2D eigenvalue weighted by Crippen LogP contribution is 2.51. The van der Waals surface area contributed by atoms with Crippen LogP contribution in [0.3, 0.4) is 0 Å². The first-order valence-corrected chi connectivity index (χ1v) is 28.4. The van der Waals surface area contributed by atoms with Gasteiger partial charge in [0.2, 0.25) is 0 Å². The quantitative estimate of drug-likeness (QED) is 0.127. The zero-order valence-corrected chi connectivity index (χ0v) is 46.5. The number of aliphatic hydroxyl groups excluding tert-OH is 2. The minimum Gasteiger partial charge on any atom is -0.384 e. The summed E-state index contributed by atoms with van der Waals surface area (Å²) in [5.74, 6) is -6.92. The topological polar surface area (TPSA) is 142 Å². The monoisotopic (exact) mass is 1230 g/mol. The lowest BCUT2D eigenvalue weighted by atomic mass is 9.78. The van der Waals surface area contributed by atoms with E-state index in [0.29, 0.717) is 63.5 Å². The van der Waals surface area contributed by atoms with E-state index in [0.717, 1.165) is 46.8 Å². The molecule has 4 atom stereocenters. The Morgan fingerprint density at radius 2 is 0.716 bits per heavy atom. The number of rotatable bonds is 10. The fourth-order valence-electron chi connectivity index (χ4n) is 12.7. The molecule has 0 bridgehead atoms. The summed E-state index contributed by atoms with van der Waals surface area (Å²) in [7, 11) is 0. The number of aliphatic hydroxyl groups is 2. The van der Waals surface area contributed by atoms with Crippen LogP contribution in [-0.4, -0.2) is 102 Å². The average Bonchev–Trinajstić information content (AvgIpc) is 1.70. The molecule has 460 valence electrons. The number of Topliss-reactive ketones (excluding diaryl/α,β-unsaturated/α-hetero) is 2. The van der Waals surface area contributed by atoms with Crippen molar-refractivity contribution in [2.75, 3.05) is 36.0 Å². The van der Waals surface area contributed by atoms with Gasteiger partial charge in [-0.25, -0.2) is 9.97 Å². The van der Waals surface area contributed by atoms with E-state index in [2.05, 4.69) is 9.97 Å². The summed E-state index contributed by atoms with van der Waals surface area (Å²) in [5.41, 5.74) is 1.63. The molecule has 0 spiro atoms. The number of pyridine rings is 2. The first-order valence-electron chi connectivity index (χ1n) is 28.4. The van der Waals surface area contributed by atoms with Crippen LogP contribution in [0, 0.1) is 0 Å². The van der Waals surface area contributed by atoms with Gasteiger partial charge in [0, 0.05) is 61.5 Å². The number of carbonyl (C=O) groups excluding carboxylic acids is 2. The molecule has 0 unspecified atom stereocenters. The van der Waals surface area contributed by atoms with Crippen molar-refractivity contribution in [2.24, 2.45) is 0 Å². The largest absolute Gasteiger partial charge is 0.417 e. The number of hydrogen-bond donors (Lipinski definition) is 2. The molecule has 2 N–H and O–H groups in total. The van der Waals surface area contributed by atoms with E-state index >= 15 is 0 Å². The van der Waals surface area contributed by atoms with Crippen LogP contribution in [0.1, 0.15) is 129 Å². The van der Waals surface area contributed by atoms with Crippen molar-refractivity contribution in [3.8, 4) is 0 Å². The van der Waals surface area contributed by atoms with Gasteiger partial charge in [0.25, 0.3) is 0 Å². The second kappa shape index (κ2) is 24.3. The molecule has 4 aliphatic rings. The molecule has 8 aromatic rings. The Labute approximate surface area is 496 Å². The summed E-state index contributed by atoms with van der Waals surface area (Å²) in [6, 6.07) is 39.9. The highest BCUT2D eigenvalue weighted by atomic mass is 19.4. The number of anilines is 2. The minimum atomic E-state index is -4.91. The first-order chi connectivity index (χ1) is 41.9. The third-order valence-electron chi connectivity index (χ3n) is 17.0. The van der Waals surface area contributed by atoms with Crippen LogP contribution < -0.4 is 9.80 Å². The normalized spacial score (nSPS) is 19.8. The van der Waals surface area contributed by atoms with Gasteiger partial charge in [0.1, 0.15) is 47.8 Å². The molecule has 2 saturated heterocycles. The highest BCUT2D eigenvalue weighted by molar-refractivity contribution is 5.89. The number of aromatic nitrogens is 6. The lowest BCUT2D eigenvalue weighted by Gasteiger charge is -2.34. The van der Waals surface area contributed by atoms with E-state index in [1.54, 1.807) is 9.80 Å². The summed E-state index contributed by atoms with van der Waals surface area (Å²) in [5, 5.41) is 30.8. The zero-order chi connectivity index (χ0) is 62.5. The van der Waals surface area contributed by atoms with Gasteiger partial charge in [-0.1, -0.05) is 121 Å². The maximum atomic E-state index is 14.6. The van der Waals surface area contributed by atoms with Crippen molar-refractivity contribution in [1.82, 2.24) is 29.5 Å². The number of halogens is 12. The van der Waals surface area contributed by atoms with Gasteiger partial charge in [0.15, 0.2) is 11.6 Å². The molecule has 2 aliphatic heterocycles. The summed E-state index contributed by atoms with van der Waals surface area (Å²) in [6.07, 6.45) is -21.2. The Bertz CT molecular complexity index is 3390. The number of ketones is 2. The SMILES string of the molecule is O=C1Cc2c(c(C3CCN(c4ccc(C(F)(F)F)cn4)CC3)nn2C(c2ccccc2)c2ccccc2)[C@@H](C(F)(F)F)[C@@H]1O.O=C1Cc2c(c(C3CCN(c4ccc(C(F)(F)F)cn4)CC3)nn2C(c2ccccc2)c2ccccc2)[C@H](C(F)(F)F)[C@H]1O. The number of hydrogen-bond acceptors (Lipinski definition) is 10. The van der Waals surface area contributed by atoms with Crippen LogP contribution in [0.15, 0.2) is 158 Å². The van der Waals surface area contributed by atoms with Gasteiger partial charge in [-0.15, -0.1) is 0 Å². The molecule has 12 rings (SSSR count). The minimum absolute atomic E-state index is 0.127. The summed E-state index contributed by atoms with van der Waals surface area (Å²) in [6.45, 7) is 1.29. The predicted octanol–water partition coefficient (Wildman–Crippen LogP) is 12.9. The van der Waals surface area contributed by atoms with Crippen LogP contribution >= 0.6 is 0 Å². The third kappa shape index (κ3) is 12.4. The summed E-state index contributed by atoms with van der Waals surface area (Å²) >= 11 is 0. The Morgan fingerprint density at radius 3 is 0.966 bits per heavy atom. The molecule has 2 fully saturated rings. The molecule has 6 heterocycles. The van der Waals surface area contributed by atoms with E-state index in [1.807, 2.05) is 121 Å². The number of alkyl halides is 12. The van der Waals surface area contributed by atoms with Crippen LogP contribution in [0.25, 0.3) is 0 Å². The van der Waals surface area contributed by atoms with E-state index in [-0.39, 0.29) is 33.9 Å². The van der Waals surface area contributed by atoms with Crippen molar-refractivity contribution in [1.29, 1.82) is 0 Å². The van der Waals surface area contributed by atoms with Gasteiger partial charge in [-0.2, -0.15) is 62.9 Å². The molecule has 88 heavy (non-hydrogen) atoms. The zero-order valence-electron chi connectivity index (χ0n) is 46.5. The van der Waals surface area contributed by atoms with Gasteiger partial charge < -0.3 is 20.0 Å². The maximum Gasteiger partial charge on any atom is 0.417 e. The van der Waals surface area contributed by atoms with Crippen molar-refractivity contribution < 1.29 is 72.5 Å². The Hall–Kier alpha value is -8.38. The highest BCUT2D eigenvalue weighted by Gasteiger charge is 2.56. The van der Waals surface area contributed by atoms with E-state index in [1.165, 1.54) is 21.5 Å². The summed E-state index contributed by atoms with van der Waals surface area (Å²) < 4.78 is 169. The second-order valence-electron chi connectivity index (χ2n) is 22.4. The smallest absolute Gasteiger partial charge is 0.384 e. The molecule has 24 heteroatoms. The molecular formula is C64H56F12N8O4. The number of piperidine rings is 2. The van der Waals surface area contributed by atoms with Gasteiger partial charge >= 0.3 is 24.7 Å². The number of fused-ring (bicyclic) bond motifs is 2. The van der Waals surface area contributed by atoms with Crippen molar-refractivity contribution in [2.45, 2.75) is 111 Å². The number of nitrogens with zero attached hydrogens (tertiary/aromatic N) is 8. The van der Waals surface area contributed by atoms with Crippen molar-refractivity contribution in [3.63, 3.8) is 0 Å². The lowest BCUT2D eigenvalue weighted by Crippen LogP contribution is -2.43. The second-order valence-corrected chi connectivity index (χ2v) is 22.4. The molecule has 4 aromatic carbocycles. The van der Waals surface area contributed by atoms with Crippen molar-refractivity contribution >= 4 is 23.2 Å². The molecular weight excluding hydrogens is 1170 g/mol. The van der Waals surface area contributed by atoms with E-state index in [4.69, 9.17) is 10.2 Å². The fraction of sp³-hybridized carbons (Fsp3) is 0.344. The standard InChI is InChI=1S/2C32H28F6N4O2/c2*33-31(34,35)22-11-12-25(39-18-22)41-15-13-19(14-16-41)28-26-23(17-24(43)30(44)27(26)32(36,37)38)42(40-28)29(20-7-3-1-4-8-20)21-9-5-2-6-10-21/h2*1-12,18-19,27,29-30,44H,13-17H2/t2*27-,30-/m10/s1. The van der Waals surface area contributed by atoms with Gasteiger partial charge in [0.05, 0.1) is 46.7 Å².